The molecule has 1 aromatic heterocycles. The van der Waals surface area contributed by atoms with E-state index in [0.29, 0.717) is 4.83 Å². The third-order valence-corrected chi connectivity index (χ3v) is 5.55. The molecule has 0 N–H and O–H groups in total. The number of hydrogen-bond acceptors (Lipinski definition) is 2. The molecule has 18 heavy (non-hydrogen) atoms. The smallest absolute Gasteiger partial charge is 0.118 e. The summed E-state index contributed by atoms with van der Waals surface area (Å²) in [5, 5.41) is 0. The van der Waals surface area contributed by atoms with Gasteiger partial charge in [-0.3, -0.25) is 0 Å². The molecule has 0 spiro atoms. The third kappa shape index (κ3) is 3.28. The highest BCUT2D eigenvalue weighted by Gasteiger charge is 2.13. The van der Waals surface area contributed by atoms with Crippen molar-refractivity contribution >= 4 is 38.9 Å². The van der Waals surface area contributed by atoms with Gasteiger partial charge in [0.15, 0.2) is 0 Å². The largest absolute Gasteiger partial charge is 0.497 e. The second-order valence-corrected chi connectivity index (χ2v) is 6.92. The lowest BCUT2D eigenvalue weighted by Crippen LogP contribution is -1.93. The van der Waals surface area contributed by atoms with E-state index in [9.17, 15) is 0 Å². The van der Waals surface area contributed by atoms with Crippen molar-refractivity contribution in [3.63, 3.8) is 0 Å². The maximum atomic E-state index is 6.10. The number of hydrogen-bond donors (Lipinski definition) is 0. The van der Waals surface area contributed by atoms with Gasteiger partial charge in [0.2, 0.25) is 0 Å². The van der Waals surface area contributed by atoms with Crippen LogP contribution in [0.15, 0.2) is 30.3 Å². The predicted molar refractivity (Wildman–Crippen MR) is 82.4 cm³/mol. The molecule has 0 saturated heterocycles. The van der Waals surface area contributed by atoms with E-state index in [1.165, 1.54) is 10.4 Å². The summed E-state index contributed by atoms with van der Waals surface area (Å²) < 4.78 is 6.03. The van der Waals surface area contributed by atoms with E-state index in [2.05, 4.69) is 34.1 Å². The molecule has 1 heterocycles. The summed E-state index contributed by atoms with van der Waals surface area (Å²) in [4.78, 5) is 1.58. The van der Waals surface area contributed by atoms with Gasteiger partial charge in [-0.05, 0) is 42.7 Å². The number of alkyl halides is 1. The maximum absolute atomic E-state index is 6.10. The van der Waals surface area contributed by atoms with Gasteiger partial charge in [-0.25, -0.2) is 0 Å². The average molecular weight is 346 g/mol. The Hall–Kier alpha value is -0.510. The predicted octanol–water partition coefficient (Wildman–Crippen LogP) is 5.40. The normalized spacial score (nSPS) is 12.4. The van der Waals surface area contributed by atoms with Gasteiger partial charge in [-0.15, -0.1) is 11.3 Å². The van der Waals surface area contributed by atoms with Crippen molar-refractivity contribution < 1.29 is 4.74 Å². The molecular weight excluding hydrogens is 332 g/mol. The molecule has 0 saturated carbocycles. The Labute approximate surface area is 125 Å². The maximum Gasteiger partial charge on any atom is 0.118 e. The third-order valence-electron chi connectivity index (χ3n) is 2.76. The molecule has 2 rings (SSSR count). The Morgan fingerprint density at radius 3 is 2.50 bits per heavy atom. The van der Waals surface area contributed by atoms with Gasteiger partial charge in [-0.2, -0.15) is 0 Å². The molecule has 0 fully saturated rings. The van der Waals surface area contributed by atoms with Gasteiger partial charge in [0.05, 0.1) is 16.3 Å². The van der Waals surface area contributed by atoms with Crippen LogP contribution in [0.25, 0.3) is 0 Å². The molecule has 0 bridgehead atoms. The topological polar surface area (TPSA) is 9.23 Å². The minimum Gasteiger partial charge on any atom is -0.497 e. The van der Waals surface area contributed by atoms with Crippen molar-refractivity contribution in [3.05, 3.63) is 50.7 Å². The summed E-state index contributed by atoms with van der Waals surface area (Å²) in [6.07, 6.45) is 0.945. The first-order chi connectivity index (χ1) is 8.60. The first kappa shape index (κ1) is 13.9. The van der Waals surface area contributed by atoms with Crippen LogP contribution in [0, 0.1) is 6.92 Å². The van der Waals surface area contributed by atoms with E-state index in [0.717, 1.165) is 22.1 Å². The van der Waals surface area contributed by atoms with Crippen molar-refractivity contribution in [1.29, 1.82) is 0 Å². The first-order valence-corrected chi connectivity index (χ1v) is 7.74. The molecule has 0 radical (unpaired) electrons. The van der Waals surface area contributed by atoms with Crippen molar-refractivity contribution in [3.8, 4) is 5.75 Å². The number of thiophene rings is 1. The Morgan fingerprint density at radius 2 is 2.00 bits per heavy atom. The fourth-order valence-corrected chi connectivity index (χ4v) is 3.69. The van der Waals surface area contributed by atoms with Crippen LogP contribution in [0.1, 0.15) is 20.8 Å². The van der Waals surface area contributed by atoms with Crippen LogP contribution < -0.4 is 4.74 Å². The van der Waals surface area contributed by atoms with Gasteiger partial charge in [-0.1, -0.05) is 39.7 Å². The molecular formula is C14H14BrClOS. The number of halogens is 2. The van der Waals surface area contributed by atoms with Crippen LogP contribution in [-0.4, -0.2) is 7.11 Å². The van der Waals surface area contributed by atoms with Gasteiger partial charge >= 0.3 is 0 Å². The van der Waals surface area contributed by atoms with Crippen LogP contribution in [-0.2, 0) is 6.42 Å². The summed E-state index contributed by atoms with van der Waals surface area (Å²) in [6.45, 7) is 2.04. The lowest BCUT2D eigenvalue weighted by Gasteiger charge is -2.08. The number of methoxy groups -OCH3 is 1. The van der Waals surface area contributed by atoms with Gasteiger partial charge in [0.1, 0.15) is 5.75 Å². The second-order valence-electron chi connectivity index (χ2n) is 4.13. The molecule has 96 valence electrons. The Bertz CT molecular complexity index is 502. The van der Waals surface area contributed by atoms with Crippen LogP contribution in [0.2, 0.25) is 4.34 Å². The lowest BCUT2D eigenvalue weighted by molar-refractivity contribution is 0.414. The number of benzene rings is 1. The highest BCUT2D eigenvalue weighted by atomic mass is 79.9. The van der Waals surface area contributed by atoms with Crippen molar-refractivity contribution in [2.24, 2.45) is 0 Å². The second kappa shape index (κ2) is 6.09. The molecule has 0 amide bonds. The van der Waals surface area contributed by atoms with Gasteiger partial charge < -0.3 is 4.74 Å². The zero-order valence-corrected chi connectivity index (χ0v) is 13.4. The standard InChI is InChI=1S/C14H14BrClOS/c1-9-7-13(18-14(9)16)12(15)8-10-3-5-11(17-2)6-4-10/h3-7,12H,8H2,1-2H3. The summed E-state index contributed by atoms with van der Waals surface area (Å²) in [7, 11) is 1.68. The van der Waals surface area contributed by atoms with Crippen molar-refractivity contribution in [1.82, 2.24) is 0 Å². The van der Waals surface area contributed by atoms with E-state index in [4.69, 9.17) is 16.3 Å². The highest BCUT2D eigenvalue weighted by Crippen LogP contribution is 2.36. The quantitative estimate of drug-likeness (QED) is 0.674. The molecule has 1 atom stereocenters. The summed E-state index contributed by atoms with van der Waals surface area (Å²) >= 11 is 11.5. The van der Waals surface area contributed by atoms with E-state index in [-0.39, 0.29) is 0 Å². The molecule has 0 aliphatic rings. The molecule has 4 heteroatoms. The van der Waals surface area contributed by atoms with Crippen LogP contribution in [0.5, 0.6) is 5.75 Å². The molecule has 0 aliphatic carbocycles. The lowest BCUT2D eigenvalue weighted by atomic mass is 10.1. The van der Waals surface area contributed by atoms with E-state index in [1.807, 2.05) is 19.1 Å². The van der Waals surface area contributed by atoms with E-state index < -0.39 is 0 Å². The highest BCUT2D eigenvalue weighted by molar-refractivity contribution is 9.09. The monoisotopic (exact) mass is 344 g/mol. The minimum absolute atomic E-state index is 0.307. The van der Waals surface area contributed by atoms with Crippen molar-refractivity contribution in [2.45, 2.75) is 18.2 Å². The van der Waals surface area contributed by atoms with Crippen molar-refractivity contribution in [2.75, 3.05) is 7.11 Å². The molecule has 2 aromatic rings. The van der Waals surface area contributed by atoms with Crippen LogP contribution in [0.4, 0.5) is 0 Å². The Balaban J connectivity index is 2.08. The number of aryl methyl sites for hydroxylation is 1. The summed E-state index contributed by atoms with van der Waals surface area (Å²) in [5.41, 5.74) is 2.43. The number of rotatable bonds is 4. The molecule has 1 nitrogen and oxygen atoms in total. The van der Waals surface area contributed by atoms with E-state index >= 15 is 0 Å². The molecule has 1 aromatic carbocycles. The first-order valence-electron chi connectivity index (χ1n) is 5.63. The van der Waals surface area contributed by atoms with Crippen LogP contribution in [0.3, 0.4) is 0 Å². The zero-order valence-electron chi connectivity index (χ0n) is 10.2. The minimum atomic E-state index is 0.307. The zero-order chi connectivity index (χ0) is 13.1. The average Bonchev–Trinajstić information content (AvgIpc) is 2.71. The Morgan fingerprint density at radius 1 is 1.33 bits per heavy atom. The Kier molecular flexibility index (Phi) is 4.71. The molecule has 1 unspecified atom stereocenters. The SMILES string of the molecule is COc1ccc(CC(Br)c2cc(C)c(Cl)s2)cc1. The van der Waals surface area contributed by atoms with E-state index in [1.54, 1.807) is 18.4 Å². The van der Waals surface area contributed by atoms with Gasteiger partial charge in [0, 0.05) is 4.88 Å². The summed E-state index contributed by atoms with van der Waals surface area (Å²) in [6, 6.07) is 10.3. The number of ether oxygens (including phenoxy) is 1. The fraction of sp³-hybridized carbons (Fsp3) is 0.286. The van der Waals surface area contributed by atoms with Gasteiger partial charge in [0.25, 0.3) is 0 Å². The fourth-order valence-electron chi connectivity index (χ4n) is 1.71. The molecule has 0 aliphatic heterocycles. The van der Waals surface area contributed by atoms with Crippen LogP contribution >= 0.6 is 38.9 Å². The summed E-state index contributed by atoms with van der Waals surface area (Å²) in [5.74, 6) is 0.889.